The van der Waals surface area contributed by atoms with E-state index >= 15 is 0 Å². The minimum atomic E-state index is -0.205. The summed E-state index contributed by atoms with van der Waals surface area (Å²) in [6.45, 7) is 2.11. The highest BCUT2D eigenvalue weighted by atomic mass is 16.3. The van der Waals surface area contributed by atoms with Crippen LogP contribution in [0.2, 0.25) is 0 Å². The molecule has 0 spiro atoms. The number of hydrogen-bond acceptors (Lipinski definition) is 7. The first-order valence-corrected chi connectivity index (χ1v) is 11.0. The molecule has 166 valence electrons. The second kappa shape index (κ2) is 7.86. The standard InChI is InChI=1S/C24H23N7O2/c32-16-5-8-30(9-6-16)15-1-4-21(26-11-15)29-19-3-2-17(18-12-28-24(33)23(18)19)20-13-27-22-14-25-7-10-31(20)22/h1-4,7,10-11,13-14,16,32H,5-6,8-9,12H2,(H,26,29)(H,28,33). The van der Waals surface area contributed by atoms with Gasteiger partial charge in [0.2, 0.25) is 0 Å². The highest BCUT2D eigenvalue weighted by molar-refractivity contribution is 6.06. The average Bonchev–Trinajstić information content (AvgIpc) is 3.45. The van der Waals surface area contributed by atoms with Crippen molar-refractivity contribution in [3.63, 3.8) is 0 Å². The lowest BCUT2D eigenvalue weighted by Gasteiger charge is -2.31. The number of imidazole rings is 1. The number of hydrogen-bond donors (Lipinski definition) is 3. The van der Waals surface area contributed by atoms with Crippen LogP contribution < -0.4 is 15.5 Å². The highest BCUT2D eigenvalue weighted by Crippen LogP contribution is 2.35. The molecule has 2 aliphatic rings. The number of pyridine rings is 1. The summed E-state index contributed by atoms with van der Waals surface area (Å²) in [4.78, 5) is 28.1. The van der Waals surface area contributed by atoms with E-state index in [0.717, 1.165) is 59.8 Å². The predicted octanol–water partition coefficient (Wildman–Crippen LogP) is 2.74. The van der Waals surface area contributed by atoms with Gasteiger partial charge in [0, 0.05) is 37.6 Å². The quantitative estimate of drug-likeness (QED) is 0.447. The van der Waals surface area contributed by atoms with Gasteiger partial charge in [0.1, 0.15) is 5.82 Å². The van der Waals surface area contributed by atoms with Gasteiger partial charge in [-0.2, -0.15) is 0 Å². The number of piperidine rings is 1. The van der Waals surface area contributed by atoms with Crippen molar-refractivity contribution in [1.29, 1.82) is 0 Å². The monoisotopic (exact) mass is 441 g/mol. The zero-order chi connectivity index (χ0) is 22.4. The summed E-state index contributed by atoms with van der Waals surface area (Å²) in [6.07, 6.45) is 10.3. The Kier molecular flexibility index (Phi) is 4.69. The fourth-order valence-corrected chi connectivity index (χ4v) is 4.64. The van der Waals surface area contributed by atoms with Crippen molar-refractivity contribution in [2.75, 3.05) is 23.3 Å². The molecule has 33 heavy (non-hydrogen) atoms. The summed E-state index contributed by atoms with van der Waals surface area (Å²) in [5.74, 6) is 0.569. The molecule has 0 aliphatic carbocycles. The number of rotatable bonds is 4. The number of aromatic nitrogens is 4. The number of carbonyl (C=O) groups excluding carboxylic acids is 1. The van der Waals surface area contributed by atoms with E-state index in [0.29, 0.717) is 17.9 Å². The number of nitrogens with zero attached hydrogens (tertiary/aromatic N) is 5. The van der Waals surface area contributed by atoms with E-state index < -0.39 is 0 Å². The summed E-state index contributed by atoms with van der Waals surface area (Å²) in [5, 5.41) is 16.0. The molecule has 6 rings (SSSR count). The lowest BCUT2D eigenvalue weighted by molar-refractivity contribution is 0.0966. The maximum Gasteiger partial charge on any atom is 0.254 e. The van der Waals surface area contributed by atoms with Crippen molar-refractivity contribution in [2.45, 2.75) is 25.5 Å². The van der Waals surface area contributed by atoms with Crippen LogP contribution in [0.5, 0.6) is 0 Å². The summed E-state index contributed by atoms with van der Waals surface area (Å²) < 4.78 is 1.97. The molecule has 9 nitrogen and oxygen atoms in total. The van der Waals surface area contributed by atoms with Crippen LogP contribution in [0.25, 0.3) is 16.9 Å². The van der Waals surface area contributed by atoms with Crippen molar-refractivity contribution in [3.8, 4) is 11.3 Å². The molecule has 0 radical (unpaired) electrons. The van der Waals surface area contributed by atoms with Gasteiger partial charge in [0.05, 0.1) is 47.3 Å². The van der Waals surface area contributed by atoms with Crippen molar-refractivity contribution in [3.05, 3.63) is 66.4 Å². The molecule has 5 heterocycles. The van der Waals surface area contributed by atoms with Gasteiger partial charge >= 0.3 is 0 Å². The van der Waals surface area contributed by atoms with Gasteiger partial charge in [0.25, 0.3) is 5.91 Å². The van der Waals surface area contributed by atoms with E-state index in [1.807, 2.05) is 47.3 Å². The van der Waals surface area contributed by atoms with Gasteiger partial charge in [-0.1, -0.05) is 6.07 Å². The van der Waals surface area contributed by atoms with Gasteiger partial charge in [-0.3, -0.25) is 14.2 Å². The number of aliphatic hydroxyl groups excluding tert-OH is 1. The van der Waals surface area contributed by atoms with Crippen LogP contribution in [-0.4, -0.2) is 49.6 Å². The first-order valence-electron chi connectivity index (χ1n) is 11.0. The minimum Gasteiger partial charge on any atom is -0.393 e. The van der Waals surface area contributed by atoms with Crippen LogP contribution in [0, 0.1) is 0 Å². The van der Waals surface area contributed by atoms with Crippen molar-refractivity contribution in [1.82, 2.24) is 24.7 Å². The molecule has 1 aromatic carbocycles. The molecule has 9 heteroatoms. The zero-order valence-corrected chi connectivity index (χ0v) is 17.9. The van der Waals surface area contributed by atoms with Crippen LogP contribution in [0.1, 0.15) is 28.8 Å². The summed E-state index contributed by atoms with van der Waals surface area (Å²) in [7, 11) is 0. The zero-order valence-electron chi connectivity index (χ0n) is 17.9. The molecule has 0 saturated carbocycles. The van der Waals surface area contributed by atoms with Gasteiger partial charge in [0.15, 0.2) is 5.65 Å². The van der Waals surface area contributed by atoms with Crippen molar-refractivity contribution in [2.24, 2.45) is 0 Å². The fraction of sp³-hybridized carbons (Fsp3) is 0.250. The third-order valence-electron chi connectivity index (χ3n) is 6.40. The molecule has 3 aromatic heterocycles. The van der Waals surface area contributed by atoms with Crippen molar-refractivity contribution < 1.29 is 9.90 Å². The highest BCUT2D eigenvalue weighted by Gasteiger charge is 2.27. The molecule has 1 saturated heterocycles. The summed E-state index contributed by atoms with van der Waals surface area (Å²) in [5.41, 5.74) is 5.96. The van der Waals surface area contributed by atoms with Crippen LogP contribution in [0.4, 0.5) is 17.2 Å². The third kappa shape index (κ3) is 3.46. The number of aliphatic hydroxyl groups is 1. The molecular formula is C24H23N7O2. The van der Waals surface area contributed by atoms with E-state index in [-0.39, 0.29) is 12.0 Å². The molecule has 3 N–H and O–H groups in total. The van der Waals surface area contributed by atoms with Crippen LogP contribution in [0.3, 0.4) is 0 Å². The van der Waals surface area contributed by atoms with E-state index in [4.69, 9.17) is 0 Å². The Balaban J connectivity index is 1.31. The van der Waals surface area contributed by atoms with Crippen LogP contribution >= 0.6 is 0 Å². The Bertz CT molecular complexity index is 1340. The molecule has 1 amide bonds. The smallest absolute Gasteiger partial charge is 0.254 e. The Labute approximate surface area is 190 Å². The largest absolute Gasteiger partial charge is 0.393 e. The molecule has 1 fully saturated rings. The Morgan fingerprint density at radius 3 is 2.76 bits per heavy atom. The van der Waals surface area contributed by atoms with E-state index in [2.05, 4.69) is 30.5 Å². The average molecular weight is 441 g/mol. The van der Waals surface area contributed by atoms with E-state index in [1.165, 1.54) is 0 Å². The van der Waals surface area contributed by atoms with Crippen LogP contribution in [-0.2, 0) is 6.54 Å². The number of anilines is 3. The summed E-state index contributed by atoms with van der Waals surface area (Å²) >= 11 is 0. The Morgan fingerprint density at radius 1 is 1.06 bits per heavy atom. The predicted molar refractivity (Wildman–Crippen MR) is 125 cm³/mol. The SMILES string of the molecule is O=C1NCc2c(-c3cnc4cnccn34)ccc(Nc3ccc(N4CCC(O)CC4)cn3)c21. The maximum absolute atomic E-state index is 12.7. The lowest BCUT2D eigenvalue weighted by atomic mass is 9.99. The topological polar surface area (TPSA) is 108 Å². The molecule has 4 aromatic rings. The first kappa shape index (κ1) is 19.7. The minimum absolute atomic E-state index is 0.103. The normalized spacial score (nSPS) is 16.2. The van der Waals surface area contributed by atoms with Gasteiger partial charge in [-0.15, -0.1) is 0 Å². The Hall–Kier alpha value is -3.98. The number of carbonyl (C=O) groups is 1. The van der Waals surface area contributed by atoms with Gasteiger partial charge < -0.3 is 20.6 Å². The van der Waals surface area contributed by atoms with E-state index in [1.54, 1.807) is 12.4 Å². The number of benzene rings is 1. The molecule has 0 unspecified atom stereocenters. The molecule has 2 aliphatic heterocycles. The van der Waals surface area contributed by atoms with Gasteiger partial charge in [-0.25, -0.2) is 9.97 Å². The fourth-order valence-electron chi connectivity index (χ4n) is 4.64. The molecule has 0 bridgehead atoms. The number of amides is 1. The third-order valence-corrected chi connectivity index (χ3v) is 6.40. The number of fused-ring (bicyclic) bond motifs is 2. The van der Waals surface area contributed by atoms with Gasteiger partial charge in [-0.05, 0) is 36.6 Å². The number of nitrogens with one attached hydrogen (secondary N) is 2. The second-order valence-corrected chi connectivity index (χ2v) is 8.39. The maximum atomic E-state index is 12.7. The van der Waals surface area contributed by atoms with E-state index in [9.17, 15) is 9.90 Å². The summed E-state index contributed by atoms with van der Waals surface area (Å²) in [6, 6.07) is 7.87. The van der Waals surface area contributed by atoms with Crippen LogP contribution in [0.15, 0.2) is 55.2 Å². The molecular weight excluding hydrogens is 418 g/mol. The first-order chi connectivity index (χ1) is 16.2. The lowest BCUT2D eigenvalue weighted by Crippen LogP contribution is -2.35. The molecule has 0 atom stereocenters. The van der Waals surface area contributed by atoms with Crippen molar-refractivity contribution >= 4 is 28.7 Å². The second-order valence-electron chi connectivity index (χ2n) is 8.39. The Morgan fingerprint density at radius 2 is 1.94 bits per heavy atom.